The fourth-order valence-corrected chi connectivity index (χ4v) is 3.42. The number of piperidine rings is 1. The molecule has 2 aromatic rings. The van der Waals surface area contributed by atoms with Gasteiger partial charge in [-0.15, -0.1) is 0 Å². The molecule has 1 saturated heterocycles. The topological polar surface area (TPSA) is 105 Å². The number of rotatable bonds is 6. The van der Waals surface area contributed by atoms with Crippen molar-refractivity contribution in [1.29, 1.82) is 0 Å². The Kier molecular flexibility index (Phi) is 7.48. The quantitative estimate of drug-likeness (QED) is 0.543. The molecular weight excluding hydrogens is 400 g/mol. The van der Waals surface area contributed by atoms with Gasteiger partial charge in [-0.3, -0.25) is 9.59 Å². The first-order chi connectivity index (χ1) is 15.0. The SMILES string of the molecule is CCOC(=O)Oc1ccc(C(=O)NCC2CCN(C(=O)c3ccccc3O)CC2)cc1. The lowest BCUT2D eigenvalue weighted by Gasteiger charge is -2.32. The highest BCUT2D eigenvalue weighted by Gasteiger charge is 2.25. The van der Waals surface area contributed by atoms with Gasteiger partial charge in [-0.05, 0) is 62.1 Å². The molecule has 1 fully saturated rings. The molecule has 1 aliphatic rings. The number of hydrogen-bond donors (Lipinski definition) is 2. The van der Waals surface area contributed by atoms with Gasteiger partial charge in [0.15, 0.2) is 0 Å². The first kappa shape index (κ1) is 22.1. The summed E-state index contributed by atoms with van der Waals surface area (Å²) in [6.45, 7) is 3.57. The Balaban J connectivity index is 1.44. The lowest BCUT2D eigenvalue weighted by molar-refractivity contribution is 0.0681. The third kappa shape index (κ3) is 5.97. The minimum atomic E-state index is -0.785. The van der Waals surface area contributed by atoms with Gasteiger partial charge in [-0.2, -0.15) is 0 Å². The van der Waals surface area contributed by atoms with E-state index in [0.29, 0.717) is 36.5 Å². The molecule has 0 aliphatic carbocycles. The van der Waals surface area contributed by atoms with Gasteiger partial charge in [0.25, 0.3) is 11.8 Å². The number of nitrogens with one attached hydrogen (secondary N) is 1. The standard InChI is InChI=1S/C23H26N2O6/c1-2-30-23(29)31-18-9-7-17(8-10-18)21(27)24-15-16-11-13-25(14-12-16)22(28)19-5-3-4-6-20(19)26/h3-10,16,26H,2,11-15H2,1H3,(H,24,27). The molecule has 31 heavy (non-hydrogen) atoms. The average Bonchev–Trinajstić information content (AvgIpc) is 2.78. The van der Waals surface area contributed by atoms with Gasteiger partial charge >= 0.3 is 6.16 Å². The van der Waals surface area contributed by atoms with E-state index in [0.717, 1.165) is 12.8 Å². The Morgan fingerprint density at radius 3 is 2.39 bits per heavy atom. The molecule has 0 bridgehead atoms. The molecule has 0 unspecified atom stereocenters. The molecule has 0 atom stereocenters. The summed E-state index contributed by atoms with van der Waals surface area (Å²) in [5.41, 5.74) is 0.771. The fourth-order valence-electron chi connectivity index (χ4n) is 3.42. The molecule has 3 rings (SSSR count). The number of benzene rings is 2. The lowest BCUT2D eigenvalue weighted by Crippen LogP contribution is -2.41. The van der Waals surface area contributed by atoms with E-state index < -0.39 is 6.16 Å². The summed E-state index contributed by atoms with van der Waals surface area (Å²) in [4.78, 5) is 38.0. The molecule has 0 saturated carbocycles. The Hall–Kier alpha value is -3.55. The van der Waals surface area contributed by atoms with E-state index in [-0.39, 0.29) is 30.1 Å². The first-order valence-corrected chi connectivity index (χ1v) is 10.3. The summed E-state index contributed by atoms with van der Waals surface area (Å²) in [5, 5.41) is 12.8. The number of phenolic OH excluding ortho intramolecular Hbond substituents is 1. The number of phenols is 1. The fraction of sp³-hybridized carbons (Fsp3) is 0.348. The third-order valence-corrected chi connectivity index (χ3v) is 5.17. The maximum atomic E-state index is 12.6. The summed E-state index contributed by atoms with van der Waals surface area (Å²) < 4.78 is 9.68. The molecule has 2 amide bonds. The Labute approximate surface area is 180 Å². The highest BCUT2D eigenvalue weighted by Crippen LogP contribution is 2.22. The van der Waals surface area contributed by atoms with Crippen LogP contribution in [0.4, 0.5) is 4.79 Å². The minimum absolute atomic E-state index is 0.0134. The van der Waals surface area contributed by atoms with Crippen molar-refractivity contribution < 1.29 is 29.0 Å². The molecular formula is C23H26N2O6. The average molecular weight is 426 g/mol. The van der Waals surface area contributed by atoms with Gasteiger partial charge < -0.3 is 24.8 Å². The van der Waals surface area contributed by atoms with E-state index in [2.05, 4.69) is 5.32 Å². The van der Waals surface area contributed by atoms with Crippen LogP contribution in [0.5, 0.6) is 11.5 Å². The van der Waals surface area contributed by atoms with Crippen LogP contribution in [0.3, 0.4) is 0 Å². The van der Waals surface area contributed by atoms with Crippen molar-refractivity contribution in [2.75, 3.05) is 26.2 Å². The van der Waals surface area contributed by atoms with Crippen LogP contribution in [-0.2, 0) is 4.74 Å². The molecule has 0 spiro atoms. The van der Waals surface area contributed by atoms with Crippen molar-refractivity contribution in [2.45, 2.75) is 19.8 Å². The van der Waals surface area contributed by atoms with Crippen LogP contribution >= 0.6 is 0 Å². The minimum Gasteiger partial charge on any atom is -0.507 e. The van der Waals surface area contributed by atoms with Gasteiger partial charge in [-0.1, -0.05) is 12.1 Å². The Morgan fingerprint density at radius 2 is 1.74 bits per heavy atom. The van der Waals surface area contributed by atoms with E-state index in [9.17, 15) is 19.5 Å². The van der Waals surface area contributed by atoms with Crippen molar-refractivity contribution in [3.05, 3.63) is 59.7 Å². The van der Waals surface area contributed by atoms with Crippen molar-refractivity contribution in [3.63, 3.8) is 0 Å². The molecule has 1 aliphatic heterocycles. The number of carbonyl (C=O) groups is 3. The van der Waals surface area contributed by atoms with Crippen LogP contribution in [0.15, 0.2) is 48.5 Å². The molecule has 2 N–H and O–H groups in total. The monoisotopic (exact) mass is 426 g/mol. The van der Waals surface area contributed by atoms with Crippen molar-refractivity contribution in [2.24, 2.45) is 5.92 Å². The van der Waals surface area contributed by atoms with Crippen LogP contribution < -0.4 is 10.1 Å². The molecule has 0 aromatic heterocycles. The summed E-state index contributed by atoms with van der Waals surface area (Å²) in [7, 11) is 0. The van der Waals surface area contributed by atoms with Crippen LogP contribution in [0.25, 0.3) is 0 Å². The molecule has 2 aromatic carbocycles. The maximum Gasteiger partial charge on any atom is 0.513 e. The zero-order valence-electron chi connectivity index (χ0n) is 17.4. The highest BCUT2D eigenvalue weighted by atomic mass is 16.7. The van der Waals surface area contributed by atoms with Gasteiger partial charge in [0.2, 0.25) is 0 Å². The van der Waals surface area contributed by atoms with E-state index in [4.69, 9.17) is 9.47 Å². The summed E-state index contributed by atoms with van der Waals surface area (Å²) in [6.07, 6.45) is 0.754. The highest BCUT2D eigenvalue weighted by molar-refractivity contribution is 5.97. The first-order valence-electron chi connectivity index (χ1n) is 10.3. The van der Waals surface area contributed by atoms with Crippen LogP contribution in [-0.4, -0.2) is 54.2 Å². The molecule has 0 radical (unpaired) electrons. The number of nitrogens with zero attached hydrogens (tertiary/aromatic N) is 1. The van der Waals surface area contributed by atoms with Gasteiger partial charge in [0.05, 0.1) is 12.2 Å². The number of carbonyl (C=O) groups excluding carboxylic acids is 3. The number of para-hydroxylation sites is 1. The van der Waals surface area contributed by atoms with Crippen molar-refractivity contribution >= 4 is 18.0 Å². The molecule has 164 valence electrons. The summed E-state index contributed by atoms with van der Waals surface area (Å²) in [5.74, 6) is 0.168. The summed E-state index contributed by atoms with van der Waals surface area (Å²) in [6, 6.07) is 12.8. The number of amides is 2. The normalized spacial score (nSPS) is 14.0. The van der Waals surface area contributed by atoms with E-state index in [1.54, 1.807) is 42.2 Å². The van der Waals surface area contributed by atoms with Crippen molar-refractivity contribution in [3.8, 4) is 11.5 Å². The number of aromatic hydroxyl groups is 1. The van der Waals surface area contributed by atoms with Crippen molar-refractivity contribution in [1.82, 2.24) is 10.2 Å². The number of likely N-dealkylation sites (tertiary alicyclic amines) is 1. The largest absolute Gasteiger partial charge is 0.513 e. The van der Waals surface area contributed by atoms with Gasteiger partial charge in [0.1, 0.15) is 11.5 Å². The second kappa shape index (κ2) is 10.5. The van der Waals surface area contributed by atoms with Crippen LogP contribution in [0, 0.1) is 5.92 Å². The van der Waals surface area contributed by atoms with Gasteiger partial charge in [-0.25, -0.2) is 4.79 Å². The van der Waals surface area contributed by atoms with E-state index in [1.807, 2.05) is 0 Å². The Bertz CT molecular complexity index is 920. The second-order valence-corrected chi connectivity index (χ2v) is 7.27. The number of hydrogen-bond acceptors (Lipinski definition) is 6. The van der Waals surface area contributed by atoms with Gasteiger partial charge in [0, 0.05) is 25.2 Å². The third-order valence-electron chi connectivity index (χ3n) is 5.17. The van der Waals surface area contributed by atoms with Crippen LogP contribution in [0.2, 0.25) is 0 Å². The smallest absolute Gasteiger partial charge is 0.507 e. The molecule has 8 nitrogen and oxygen atoms in total. The van der Waals surface area contributed by atoms with Crippen LogP contribution in [0.1, 0.15) is 40.5 Å². The Morgan fingerprint density at radius 1 is 1.06 bits per heavy atom. The predicted molar refractivity (Wildman–Crippen MR) is 113 cm³/mol. The predicted octanol–water partition coefficient (Wildman–Crippen LogP) is 3.21. The maximum absolute atomic E-state index is 12.6. The summed E-state index contributed by atoms with van der Waals surface area (Å²) >= 11 is 0. The number of ether oxygens (including phenoxy) is 2. The zero-order valence-corrected chi connectivity index (χ0v) is 17.4. The van der Waals surface area contributed by atoms with E-state index in [1.165, 1.54) is 18.2 Å². The van der Waals surface area contributed by atoms with E-state index >= 15 is 0 Å². The molecule has 8 heteroatoms. The lowest BCUT2D eigenvalue weighted by atomic mass is 9.96. The zero-order chi connectivity index (χ0) is 22.2. The molecule has 1 heterocycles. The second-order valence-electron chi connectivity index (χ2n) is 7.27.